The van der Waals surface area contributed by atoms with Gasteiger partial charge in [0.1, 0.15) is 0 Å². The van der Waals surface area contributed by atoms with Crippen LogP contribution in [-0.2, 0) is 15.6 Å². The maximum atomic E-state index is 12.5. The molecule has 5 heteroatoms. The predicted molar refractivity (Wildman–Crippen MR) is 79.2 cm³/mol. The SMILES string of the molecule is CCNC1CCCC1S(=O)(=O)Cc1ccccc1Cl. The van der Waals surface area contributed by atoms with E-state index in [1.165, 1.54) is 0 Å². The van der Waals surface area contributed by atoms with Crippen LogP contribution in [0.4, 0.5) is 0 Å². The number of halogens is 1. The first-order chi connectivity index (χ1) is 9.04. The molecule has 1 N–H and O–H groups in total. The Morgan fingerprint density at radius 3 is 2.74 bits per heavy atom. The van der Waals surface area contributed by atoms with Crippen molar-refractivity contribution < 1.29 is 8.42 Å². The molecule has 0 bridgehead atoms. The molecular weight excluding hydrogens is 282 g/mol. The van der Waals surface area contributed by atoms with E-state index in [1.807, 2.05) is 19.1 Å². The van der Waals surface area contributed by atoms with Crippen molar-refractivity contribution in [2.45, 2.75) is 43.2 Å². The lowest BCUT2D eigenvalue weighted by molar-refractivity contribution is 0.517. The Morgan fingerprint density at radius 2 is 2.05 bits per heavy atom. The highest BCUT2D eigenvalue weighted by Crippen LogP contribution is 2.29. The molecule has 0 aromatic heterocycles. The largest absolute Gasteiger partial charge is 0.313 e. The van der Waals surface area contributed by atoms with Crippen LogP contribution in [0.25, 0.3) is 0 Å². The van der Waals surface area contributed by atoms with E-state index in [0.717, 1.165) is 25.8 Å². The van der Waals surface area contributed by atoms with Gasteiger partial charge in [0.2, 0.25) is 0 Å². The molecule has 0 amide bonds. The fourth-order valence-corrected chi connectivity index (χ4v) is 5.23. The summed E-state index contributed by atoms with van der Waals surface area (Å²) in [6.07, 6.45) is 2.68. The molecule has 19 heavy (non-hydrogen) atoms. The average molecular weight is 302 g/mol. The highest BCUT2D eigenvalue weighted by molar-refractivity contribution is 7.91. The summed E-state index contributed by atoms with van der Waals surface area (Å²) in [4.78, 5) is 0. The Balaban J connectivity index is 2.16. The van der Waals surface area contributed by atoms with E-state index in [2.05, 4.69) is 5.32 Å². The second-order valence-electron chi connectivity index (χ2n) is 5.03. The fourth-order valence-electron chi connectivity index (χ4n) is 2.79. The van der Waals surface area contributed by atoms with Crippen LogP contribution in [0.2, 0.25) is 5.02 Å². The smallest absolute Gasteiger partial charge is 0.158 e. The lowest BCUT2D eigenvalue weighted by Gasteiger charge is -2.21. The maximum absolute atomic E-state index is 12.5. The zero-order valence-corrected chi connectivity index (χ0v) is 12.7. The number of nitrogens with one attached hydrogen (secondary N) is 1. The van der Waals surface area contributed by atoms with Crippen molar-refractivity contribution in [2.75, 3.05) is 6.54 Å². The highest BCUT2D eigenvalue weighted by atomic mass is 35.5. The first-order valence-electron chi connectivity index (χ1n) is 6.73. The zero-order valence-electron chi connectivity index (χ0n) is 11.1. The second kappa shape index (κ2) is 6.25. The van der Waals surface area contributed by atoms with E-state index < -0.39 is 9.84 Å². The van der Waals surface area contributed by atoms with Gasteiger partial charge in [-0.1, -0.05) is 43.1 Å². The molecule has 0 heterocycles. The number of sulfone groups is 1. The van der Waals surface area contributed by atoms with Crippen LogP contribution in [0.1, 0.15) is 31.7 Å². The first-order valence-corrected chi connectivity index (χ1v) is 8.82. The van der Waals surface area contributed by atoms with E-state index in [1.54, 1.807) is 12.1 Å². The van der Waals surface area contributed by atoms with Crippen LogP contribution in [0.15, 0.2) is 24.3 Å². The lowest BCUT2D eigenvalue weighted by Crippen LogP contribution is -2.40. The summed E-state index contributed by atoms with van der Waals surface area (Å²) in [5.41, 5.74) is 0.700. The minimum Gasteiger partial charge on any atom is -0.313 e. The summed E-state index contributed by atoms with van der Waals surface area (Å²) in [6.45, 7) is 2.82. The summed E-state index contributed by atoms with van der Waals surface area (Å²) in [5.74, 6) is 0.0409. The van der Waals surface area contributed by atoms with E-state index in [4.69, 9.17) is 11.6 Å². The number of hydrogen-bond acceptors (Lipinski definition) is 3. The van der Waals surface area contributed by atoms with Crippen molar-refractivity contribution in [3.63, 3.8) is 0 Å². The van der Waals surface area contributed by atoms with Crippen LogP contribution in [0.5, 0.6) is 0 Å². The van der Waals surface area contributed by atoms with Crippen LogP contribution >= 0.6 is 11.6 Å². The quantitative estimate of drug-likeness (QED) is 0.909. The molecule has 3 nitrogen and oxygen atoms in total. The number of benzene rings is 1. The van der Waals surface area contributed by atoms with Crippen molar-refractivity contribution in [1.29, 1.82) is 0 Å². The Kier molecular flexibility index (Phi) is 4.87. The first kappa shape index (κ1) is 14.8. The lowest BCUT2D eigenvalue weighted by atomic mass is 10.2. The summed E-state index contributed by atoms with van der Waals surface area (Å²) in [7, 11) is -3.15. The molecule has 0 radical (unpaired) electrons. The van der Waals surface area contributed by atoms with Crippen molar-refractivity contribution in [3.8, 4) is 0 Å². The van der Waals surface area contributed by atoms with Crippen LogP contribution in [-0.4, -0.2) is 26.3 Å². The van der Waals surface area contributed by atoms with Crippen molar-refractivity contribution in [1.82, 2.24) is 5.32 Å². The van der Waals surface area contributed by atoms with E-state index in [-0.39, 0.29) is 17.0 Å². The minimum atomic E-state index is -3.15. The number of rotatable bonds is 5. The second-order valence-corrected chi connectivity index (χ2v) is 7.66. The topological polar surface area (TPSA) is 46.2 Å². The highest BCUT2D eigenvalue weighted by Gasteiger charge is 2.36. The standard InChI is InChI=1S/C14H20ClNO2S/c1-2-16-13-8-5-9-14(13)19(17,18)10-11-6-3-4-7-12(11)15/h3-4,6-7,13-14,16H,2,5,8-10H2,1H3. The average Bonchev–Trinajstić information content (AvgIpc) is 2.81. The maximum Gasteiger partial charge on any atom is 0.158 e. The van der Waals surface area contributed by atoms with Crippen LogP contribution in [0, 0.1) is 0 Å². The Labute approximate surface area is 120 Å². The molecule has 2 rings (SSSR count). The van der Waals surface area contributed by atoms with Gasteiger partial charge in [-0.15, -0.1) is 0 Å². The van der Waals surface area contributed by atoms with Gasteiger partial charge in [-0.05, 0) is 31.0 Å². The molecule has 1 aliphatic carbocycles. The predicted octanol–water partition coefficient (Wildman–Crippen LogP) is 2.79. The van der Waals surface area contributed by atoms with Gasteiger partial charge in [-0.2, -0.15) is 0 Å². The van der Waals surface area contributed by atoms with Gasteiger partial charge in [-0.3, -0.25) is 0 Å². The minimum absolute atomic E-state index is 0.0409. The van der Waals surface area contributed by atoms with Gasteiger partial charge >= 0.3 is 0 Å². The molecule has 0 spiro atoms. The van der Waals surface area contributed by atoms with Gasteiger partial charge in [0.25, 0.3) is 0 Å². The zero-order chi connectivity index (χ0) is 13.9. The van der Waals surface area contributed by atoms with Crippen LogP contribution < -0.4 is 5.32 Å². The molecular formula is C14H20ClNO2S. The third-order valence-corrected chi connectivity index (χ3v) is 6.26. The van der Waals surface area contributed by atoms with Gasteiger partial charge in [-0.25, -0.2) is 8.42 Å². The number of hydrogen-bond donors (Lipinski definition) is 1. The molecule has 2 unspecified atom stereocenters. The Morgan fingerprint density at radius 1 is 1.32 bits per heavy atom. The molecule has 0 aliphatic heterocycles. The van der Waals surface area contributed by atoms with Crippen LogP contribution in [0.3, 0.4) is 0 Å². The molecule has 1 fully saturated rings. The Bertz CT molecular complexity index is 530. The molecule has 0 saturated heterocycles. The van der Waals surface area contributed by atoms with E-state index >= 15 is 0 Å². The van der Waals surface area contributed by atoms with E-state index in [9.17, 15) is 8.42 Å². The molecule has 1 saturated carbocycles. The molecule has 106 valence electrons. The fraction of sp³-hybridized carbons (Fsp3) is 0.571. The van der Waals surface area contributed by atoms with Gasteiger partial charge in [0.15, 0.2) is 9.84 Å². The van der Waals surface area contributed by atoms with Gasteiger partial charge in [0.05, 0.1) is 11.0 Å². The summed E-state index contributed by atoms with van der Waals surface area (Å²) < 4.78 is 25.1. The van der Waals surface area contributed by atoms with Gasteiger partial charge < -0.3 is 5.32 Å². The van der Waals surface area contributed by atoms with Gasteiger partial charge in [0, 0.05) is 11.1 Å². The summed E-state index contributed by atoms with van der Waals surface area (Å²) in [5, 5.41) is 3.55. The van der Waals surface area contributed by atoms with Crippen molar-refractivity contribution in [2.24, 2.45) is 0 Å². The molecule has 1 aromatic rings. The summed E-state index contributed by atoms with van der Waals surface area (Å²) >= 11 is 6.05. The monoisotopic (exact) mass is 301 g/mol. The Hall–Kier alpha value is -0.580. The van der Waals surface area contributed by atoms with E-state index in [0.29, 0.717) is 10.6 Å². The van der Waals surface area contributed by atoms with Crippen molar-refractivity contribution in [3.05, 3.63) is 34.9 Å². The molecule has 1 aromatic carbocycles. The molecule has 2 atom stereocenters. The van der Waals surface area contributed by atoms with Crippen molar-refractivity contribution >= 4 is 21.4 Å². The normalized spacial score (nSPS) is 23.7. The molecule has 1 aliphatic rings. The third kappa shape index (κ3) is 3.50. The summed E-state index contributed by atoms with van der Waals surface area (Å²) in [6, 6.07) is 7.26. The third-order valence-electron chi connectivity index (χ3n) is 3.69.